The zero-order valence-electron chi connectivity index (χ0n) is 34.8. The molecule has 0 bridgehead atoms. The first-order valence-corrected chi connectivity index (χ1v) is 24.6. The number of benzene rings is 2. The smallest absolute Gasteiger partial charge is 0.274 e. The highest BCUT2D eigenvalue weighted by Crippen LogP contribution is 2.44. The first-order chi connectivity index (χ1) is 29.1. The van der Waals surface area contributed by atoms with Crippen LogP contribution in [0.1, 0.15) is 130 Å². The summed E-state index contributed by atoms with van der Waals surface area (Å²) in [5.41, 5.74) is -2.24. The summed E-state index contributed by atoms with van der Waals surface area (Å²) in [5.74, 6) is -0.0711. The molecule has 60 heavy (non-hydrogen) atoms. The number of aromatic nitrogens is 2. The van der Waals surface area contributed by atoms with E-state index in [2.05, 4.69) is 37.4 Å². The lowest BCUT2D eigenvalue weighted by molar-refractivity contribution is 0.356. The van der Waals surface area contributed by atoms with Crippen molar-refractivity contribution < 1.29 is 0 Å². The Kier molecular flexibility index (Phi) is 15.1. The van der Waals surface area contributed by atoms with Crippen LogP contribution in [-0.4, -0.2) is 9.13 Å². The van der Waals surface area contributed by atoms with E-state index in [0.29, 0.717) is 26.5 Å². The lowest BCUT2D eigenvalue weighted by Gasteiger charge is -2.21. The van der Waals surface area contributed by atoms with E-state index in [-0.39, 0.29) is 68.6 Å². The van der Waals surface area contributed by atoms with E-state index in [1.54, 1.807) is 0 Å². The average molecular weight is 879 g/mol. The summed E-state index contributed by atoms with van der Waals surface area (Å²) >= 11 is 4.40. The monoisotopic (exact) mass is 878 g/mol. The summed E-state index contributed by atoms with van der Waals surface area (Å²) in [6.45, 7) is 24.5. The molecule has 0 N–H and O–H groups in total. The molecule has 0 amide bonds. The number of nitriles is 2. The van der Waals surface area contributed by atoms with Gasteiger partial charge >= 0.3 is 5.82 Å². The second kappa shape index (κ2) is 20.2. The van der Waals surface area contributed by atoms with Gasteiger partial charge in [0.05, 0.1) is 40.3 Å². The molecular weight excluding hydrogens is 829 g/mol. The van der Waals surface area contributed by atoms with Gasteiger partial charge in [-0.1, -0.05) is 105 Å². The van der Waals surface area contributed by atoms with Crippen molar-refractivity contribution >= 4 is 108 Å². The number of hydrogen-bond donors (Lipinski definition) is 0. The molecule has 2 aromatic carbocycles. The first-order valence-electron chi connectivity index (χ1n) is 21.3. The van der Waals surface area contributed by atoms with Crippen LogP contribution in [0.4, 0.5) is 0 Å². The van der Waals surface area contributed by atoms with Crippen LogP contribution in [-0.2, 0) is 13.1 Å². The molecule has 0 fully saturated rings. The molecule has 0 spiro atoms. The maximum Gasteiger partial charge on any atom is 0.546 e. The number of pyridine rings is 2. The third-order valence-corrected chi connectivity index (χ3v) is 17.0. The third-order valence-electron chi connectivity index (χ3n) is 11.8. The molecule has 0 radical (unpaired) electrons. The largest absolute Gasteiger partial charge is 0.546 e. The SMILES string of the molecule is [C-]#[N+]C([N+]#[C-])=c1sc2c(s1)c1c(=O)n(CC(CCCC)CCCCCC)c(=O)c3c4sc(=C(C#N)C#N)sc4c4c(=O)n(CC(CCCC)CCCCCC)c(=O)c2c4c31. The minimum absolute atomic E-state index is 0.0548. The Balaban J connectivity index is 1.83. The third kappa shape index (κ3) is 8.46. The first kappa shape index (κ1) is 44.8. The molecule has 10 nitrogen and oxygen atoms in total. The van der Waals surface area contributed by atoms with Crippen LogP contribution in [0.15, 0.2) is 19.2 Å². The highest BCUT2D eigenvalue weighted by molar-refractivity contribution is 7.38. The van der Waals surface area contributed by atoms with Crippen molar-refractivity contribution in [2.75, 3.05) is 0 Å². The molecule has 0 aliphatic carbocycles. The van der Waals surface area contributed by atoms with Gasteiger partial charge in [0.25, 0.3) is 22.2 Å². The number of unbranched alkanes of at least 4 members (excludes halogenated alkanes) is 8. The van der Waals surface area contributed by atoms with Gasteiger partial charge in [-0.3, -0.25) is 28.3 Å². The molecular formula is C46H50N6O4S4. The average Bonchev–Trinajstić information content (AvgIpc) is 3.88. The number of rotatable bonds is 20. The molecule has 312 valence electrons. The lowest BCUT2D eigenvalue weighted by Crippen LogP contribution is -2.38. The summed E-state index contributed by atoms with van der Waals surface area (Å²) in [6, 6.07) is 3.96. The van der Waals surface area contributed by atoms with Crippen LogP contribution in [0.3, 0.4) is 0 Å². The fourth-order valence-electron chi connectivity index (χ4n) is 8.63. The Bertz CT molecular complexity index is 2740. The Morgan fingerprint density at radius 2 is 0.850 bits per heavy atom. The Labute approximate surface area is 364 Å². The van der Waals surface area contributed by atoms with E-state index in [4.69, 9.17) is 13.1 Å². The fourth-order valence-corrected chi connectivity index (χ4v) is 13.9. The molecule has 0 aliphatic heterocycles. The molecule has 0 saturated heterocycles. The summed E-state index contributed by atoms with van der Waals surface area (Å²) in [5, 5.41) is 21.2. The topological polar surface area (TPSA) is 134 Å². The predicted molar refractivity (Wildman–Crippen MR) is 252 cm³/mol. The van der Waals surface area contributed by atoms with Crippen molar-refractivity contribution in [1.29, 1.82) is 10.5 Å². The van der Waals surface area contributed by atoms with Gasteiger partial charge in [-0.05, 0) is 37.5 Å². The molecule has 4 aromatic heterocycles. The maximum absolute atomic E-state index is 15.1. The van der Waals surface area contributed by atoms with Gasteiger partial charge in [0.2, 0.25) is 0 Å². The summed E-state index contributed by atoms with van der Waals surface area (Å²) < 4.78 is 4.97. The molecule has 0 aliphatic rings. The quantitative estimate of drug-likeness (QED) is 0.0426. The fraction of sp³-hybridized carbons (Fsp3) is 0.522. The van der Waals surface area contributed by atoms with Crippen LogP contribution < -0.4 is 29.9 Å². The second-order valence-electron chi connectivity index (χ2n) is 15.9. The molecule has 6 rings (SSSR count). The number of nitrogens with zero attached hydrogens (tertiary/aromatic N) is 6. The van der Waals surface area contributed by atoms with E-state index < -0.39 is 22.2 Å². The molecule has 6 aromatic rings. The standard InChI is InChI=1S/C46H50N6O4S4/c1-7-11-15-17-21-27(19-13-9-3)25-51-41(53)32-30-31-33(37-36(32)57-45(58-37)29(23-47)24-48)42(54)52(26-28(20-14-10-4)22-18-16-12-8-2)44(56)35(31)39-38(34(30)43(51)55)59-46(60-39)40(49-5)50-6/h27-28H,7-22,25-26H2,1-4H3. The lowest BCUT2D eigenvalue weighted by atomic mass is 9.93. The molecule has 2 atom stereocenters. The van der Waals surface area contributed by atoms with Gasteiger partial charge < -0.3 is 0 Å². The van der Waals surface area contributed by atoms with Crippen LogP contribution in [0.2, 0.25) is 0 Å². The minimum Gasteiger partial charge on any atom is -0.274 e. The van der Waals surface area contributed by atoms with Crippen LogP contribution in [0.5, 0.6) is 0 Å². The van der Waals surface area contributed by atoms with Crippen LogP contribution >= 0.6 is 45.3 Å². The minimum atomic E-state index is -0.524. The number of fused-ring (bicyclic) bond motifs is 6. The van der Waals surface area contributed by atoms with Gasteiger partial charge in [0, 0.05) is 23.9 Å². The summed E-state index contributed by atoms with van der Waals surface area (Å²) in [6.07, 6.45) is 15.7. The van der Waals surface area contributed by atoms with Gasteiger partial charge in [-0.2, -0.15) is 20.2 Å². The Morgan fingerprint density at radius 1 is 0.517 bits per heavy atom. The maximum atomic E-state index is 15.1. The van der Waals surface area contributed by atoms with Crippen molar-refractivity contribution in [3.8, 4) is 12.1 Å². The van der Waals surface area contributed by atoms with E-state index >= 15 is 19.2 Å². The highest BCUT2D eigenvalue weighted by atomic mass is 32.2. The van der Waals surface area contributed by atoms with Crippen molar-refractivity contribution in [3.63, 3.8) is 0 Å². The van der Waals surface area contributed by atoms with E-state index in [0.717, 1.165) is 148 Å². The zero-order valence-corrected chi connectivity index (χ0v) is 38.1. The van der Waals surface area contributed by atoms with E-state index in [9.17, 15) is 10.5 Å². The van der Waals surface area contributed by atoms with Crippen LogP contribution in [0, 0.1) is 47.6 Å². The van der Waals surface area contributed by atoms with Crippen molar-refractivity contribution in [2.24, 2.45) is 11.8 Å². The highest BCUT2D eigenvalue weighted by Gasteiger charge is 2.31. The van der Waals surface area contributed by atoms with Crippen molar-refractivity contribution in [2.45, 2.75) is 144 Å². The molecule has 2 unspecified atom stereocenters. The van der Waals surface area contributed by atoms with Crippen LogP contribution in [0.25, 0.3) is 72.2 Å². The summed E-state index contributed by atoms with van der Waals surface area (Å²) in [7, 11) is 0. The zero-order chi connectivity index (χ0) is 43.1. The van der Waals surface area contributed by atoms with E-state index in [1.165, 1.54) is 9.13 Å². The normalized spacial score (nSPS) is 12.6. The van der Waals surface area contributed by atoms with Crippen molar-refractivity contribution in [3.05, 3.63) is 71.9 Å². The molecule has 0 saturated carbocycles. The van der Waals surface area contributed by atoms with Gasteiger partial charge in [-0.15, -0.1) is 45.3 Å². The van der Waals surface area contributed by atoms with Gasteiger partial charge in [-0.25, -0.2) is 0 Å². The molecule has 4 heterocycles. The van der Waals surface area contributed by atoms with Gasteiger partial charge in [0.1, 0.15) is 29.1 Å². The molecule has 14 heteroatoms. The van der Waals surface area contributed by atoms with Gasteiger partial charge in [0.15, 0.2) is 9.42 Å². The second-order valence-corrected chi connectivity index (χ2v) is 20.5. The Hall–Kier alpha value is -4.70. The van der Waals surface area contributed by atoms with Crippen molar-refractivity contribution in [1.82, 2.24) is 9.13 Å². The Morgan fingerprint density at radius 3 is 1.17 bits per heavy atom. The van der Waals surface area contributed by atoms with E-state index in [1.807, 2.05) is 12.1 Å². The summed E-state index contributed by atoms with van der Waals surface area (Å²) in [4.78, 5) is 67.6. The predicted octanol–water partition coefficient (Wildman–Crippen LogP) is 10.8. The number of hydrogen-bond acceptors (Lipinski definition) is 10.